The topological polar surface area (TPSA) is 79.3 Å². The number of benzene rings is 1. The largest absolute Gasteiger partial charge is 0.480 e. The first kappa shape index (κ1) is 15.8. The maximum atomic E-state index is 11.9. The van der Waals surface area contributed by atoms with E-state index in [-0.39, 0.29) is 0 Å². The minimum absolute atomic E-state index is 0.335. The predicted octanol–water partition coefficient (Wildman–Crippen LogP) is 3.24. The summed E-state index contributed by atoms with van der Waals surface area (Å²) in [6, 6.07) is 5.09. The molecule has 1 heterocycles. The van der Waals surface area contributed by atoms with Crippen LogP contribution in [0.4, 0.5) is 0 Å². The highest BCUT2D eigenvalue weighted by Gasteiger charge is 2.19. The fourth-order valence-corrected chi connectivity index (χ4v) is 3.40. The summed E-state index contributed by atoms with van der Waals surface area (Å²) in [6.45, 7) is 1.22. The smallest absolute Gasteiger partial charge is 0.322 e. The van der Waals surface area contributed by atoms with Crippen LogP contribution in [-0.4, -0.2) is 28.5 Å². The maximum absolute atomic E-state index is 11.9. The molecular weight excluding hydrogens is 335 g/mol. The SMILES string of the molecule is Cc1nc(-c2c(Cl)cccc2Cl)sc1C(=O)NCC(=O)O. The van der Waals surface area contributed by atoms with Crippen molar-refractivity contribution >= 4 is 46.4 Å². The summed E-state index contributed by atoms with van der Waals surface area (Å²) in [5.74, 6) is -1.60. The van der Waals surface area contributed by atoms with Crippen molar-refractivity contribution in [3.05, 3.63) is 38.8 Å². The molecule has 0 saturated carbocycles. The maximum Gasteiger partial charge on any atom is 0.322 e. The number of nitrogens with zero attached hydrogens (tertiary/aromatic N) is 1. The zero-order chi connectivity index (χ0) is 15.6. The Kier molecular flexibility index (Phi) is 4.82. The average Bonchev–Trinajstić information content (AvgIpc) is 2.77. The van der Waals surface area contributed by atoms with Gasteiger partial charge in [0, 0.05) is 5.56 Å². The van der Waals surface area contributed by atoms with Crippen LogP contribution in [0.15, 0.2) is 18.2 Å². The van der Waals surface area contributed by atoms with Gasteiger partial charge in [-0.05, 0) is 19.1 Å². The van der Waals surface area contributed by atoms with E-state index in [0.717, 1.165) is 11.3 Å². The van der Waals surface area contributed by atoms with Gasteiger partial charge >= 0.3 is 5.97 Å². The number of carbonyl (C=O) groups excluding carboxylic acids is 1. The monoisotopic (exact) mass is 344 g/mol. The molecule has 0 spiro atoms. The molecule has 21 heavy (non-hydrogen) atoms. The third-order valence-electron chi connectivity index (χ3n) is 2.58. The molecule has 1 aromatic carbocycles. The summed E-state index contributed by atoms with van der Waals surface area (Å²) in [6.07, 6.45) is 0. The molecule has 5 nitrogen and oxygen atoms in total. The molecule has 0 aliphatic heterocycles. The lowest BCUT2D eigenvalue weighted by Crippen LogP contribution is -2.29. The second-order valence-electron chi connectivity index (χ2n) is 4.11. The van der Waals surface area contributed by atoms with E-state index in [9.17, 15) is 9.59 Å². The third-order valence-corrected chi connectivity index (χ3v) is 4.38. The van der Waals surface area contributed by atoms with Crippen LogP contribution in [0.25, 0.3) is 10.6 Å². The van der Waals surface area contributed by atoms with Crippen LogP contribution in [0.5, 0.6) is 0 Å². The molecule has 8 heteroatoms. The summed E-state index contributed by atoms with van der Waals surface area (Å²) in [5.41, 5.74) is 1.06. The second kappa shape index (κ2) is 6.43. The van der Waals surface area contributed by atoms with Crippen LogP contribution in [-0.2, 0) is 4.79 Å². The summed E-state index contributed by atoms with van der Waals surface area (Å²) >= 11 is 13.3. The van der Waals surface area contributed by atoms with E-state index in [1.165, 1.54) is 0 Å². The van der Waals surface area contributed by atoms with Crippen LogP contribution >= 0.6 is 34.5 Å². The Morgan fingerprint density at radius 2 is 1.95 bits per heavy atom. The summed E-state index contributed by atoms with van der Waals surface area (Å²) < 4.78 is 0. The Labute approximate surface area is 134 Å². The first-order valence-corrected chi connectivity index (χ1v) is 7.39. The van der Waals surface area contributed by atoms with E-state index in [0.29, 0.717) is 31.2 Å². The standard InChI is InChI=1S/C13H10Cl2N2O3S/c1-6-11(12(20)16-5-9(18)19)21-13(17-6)10-7(14)3-2-4-8(10)15/h2-4H,5H2,1H3,(H,16,20)(H,18,19). The number of aliphatic carboxylic acids is 1. The molecule has 1 aromatic heterocycles. The number of thiazole rings is 1. The molecule has 0 radical (unpaired) electrons. The number of carboxylic acid groups (broad SMARTS) is 1. The van der Waals surface area contributed by atoms with Gasteiger partial charge in [-0.15, -0.1) is 11.3 Å². The highest BCUT2D eigenvalue weighted by Crippen LogP contribution is 2.37. The number of nitrogens with one attached hydrogen (secondary N) is 1. The Balaban J connectivity index is 2.35. The number of hydrogen-bond acceptors (Lipinski definition) is 4. The molecule has 110 valence electrons. The van der Waals surface area contributed by atoms with Gasteiger partial charge in [-0.3, -0.25) is 9.59 Å². The van der Waals surface area contributed by atoms with Crippen molar-refractivity contribution in [1.29, 1.82) is 0 Å². The van der Waals surface area contributed by atoms with Gasteiger partial charge in [0.15, 0.2) is 0 Å². The van der Waals surface area contributed by atoms with Gasteiger partial charge in [-0.25, -0.2) is 4.98 Å². The molecule has 0 atom stereocenters. The van der Waals surface area contributed by atoms with E-state index >= 15 is 0 Å². The van der Waals surface area contributed by atoms with E-state index in [1.807, 2.05) is 0 Å². The Bertz CT molecular complexity index is 695. The minimum Gasteiger partial charge on any atom is -0.480 e. The summed E-state index contributed by atoms with van der Waals surface area (Å²) in [7, 11) is 0. The lowest BCUT2D eigenvalue weighted by atomic mass is 10.2. The van der Waals surface area contributed by atoms with E-state index in [2.05, 4.69) is 10.3 Å². The molecule has 0 fully saturated rings. The summed E-state index contributed by atoms with van der Waals surface area (Å²) in [4.78, 5) is 27.0. The van der Waals surface area contributed by atoms with Gasteiger partial charge in [-0.2, -0.15) is 0 Å². The second-order valence-corrected chi connectivity index (χ2v) is 5.92. The van der Waals surface area contributed by atoms with Crippen molar-refractivity contribution < 1.29 is 14.7 Å². The van der Waals surface area contributed by atoms with Gasteiger partial charge in [-0.1, -0.05) is 29.3 Å². The number of amides is 1. The first-order chi connectivity index (χ1) is 9.90. The molecule has 2 aromatic rings. The van der Waals surface area contributed by atoms with E-state index < -0.39 is 18.4 Å². The Morgan fingerprint density at radius 1 is 1.33 bits per heavy atom. The Morgan fingerprint density at radius 3 is 2.52 bits per heavy atom. The van der Waals surface area contributed by atoms with Gasteiger partial charge in [0.2, 0.25) is 0 Å². The van der Waals surface area contributed by atoms with E-state index in [1.54, 1.807) is 25.1 Å². The lowest BCUT2D eigenvalue weighted by molar-refractivity contribution is -0.135. The number of carboxylic acids is 1. The molecule has 0 aliphatic rings. The molecule has 2 rings (SSSR count). The van der Waals surface area contributed by atoms with E-state index in [4.69, 9.17) is 28.3 Å². The van der Waals surface area contributed by atoms with Crippen molar-refractivity contribution in [1.82, 2.24) is 10.3 Å². The third kappa shape index (κ3) is 3.53. The molecule has 0 unspecified atom stereocenters. The fourth-order valence-electron chi connectivity index (χ4n) is 1.65. The zero-order valence-corrected chi connectivity index (χ0v) is 13.1. The first-order valence-electron chi connectivity index (χ1n) is 5.82. The highest BCUT2D eigenvalue weighted by molar-refractivity contribution is 7.17. The van der Waals surface area contributed by atoms with Crippen LogP contribution in [0.1, 0.15) is 15.4 Å². The van der Waals surface area contributed by atoms with Gasteiger partial charge in [0.05, 0.1) is 15.7 Å². The summed E-state index contributed by atoms with van der Waals surface area (Å²) in [5, 5.41) is 12.3. The van der Waals surface area contributed by atoms with Crippen molar-refractivity contribution in [2.24, 2.45) is 0 Å². The van der Waals surface area contributed by atoms with Crippen molar-refractivity contribution in [2.75, 3.05) is 6.54 Å². The number of aromatic nitrogens is 1. The van der Waals surface area contributed by atoms with Crippen LogP contribution in [0, 0.1) is 6.92 Å². The molecular formula is C13H10Cl2N2O3S. The highest BCUT2D eigenvalue weighted by atomic mass is 35.5. The van der Waals surface area contributed by atoms with Crippen LogP contribution < -0.4 is 5.32 Å². The molecule has 2 N–H and O–H groups in total. The van der Waals surface area contributed by atoms with Crippen molar-refractivity contribution in [2.45, 2.75) is 6.92 Å². The molecule has 1 amide bonds. The van der Waals surface area contributed by atoms with Crippen molar-refractivity contribution in [3.8, 4) is 10.6 Å². The minimum atomic E-state index is -1.11. The zero-order valence-electron chi connectivity index (χ0n) is 10.8. The number of hydrogen-bond donors (Lipinski definition) is 2. The van der Waals surface area contributed by atoms with Crippen molar-refractivity contribution in [3.63, 3.8) is 0 Å². The van der Waals surface area contributed by atoms with Crippen LogP contribution in [0.3, 0.4) is 0 Å². The number of carbonyl (C=O) groups is 2. The van der Waals surface area contributed by atoms with Crippen LogP contribution in [0.2, 0.25) is 10.0 Å². The predicted molar refractivity (Wildman–Crippen MR) is 82.3 cm³/mol. The lowest BCUT2D eigenvalue weighted by Gasteiger charge is -2.02. The van der Waals surface area contributed by atoms with Gasteiger partial charge < -0.3 is 10.4 Å². The number of halogens is 2. The molecule has 0 aliphatic carbocycles. The Hall–Kier alpha value is -1.63. The average molecular weight is 345 g/mol. The number of rotatable bonds is 4. The normalized spacial score (nSPS) is 10.4. The molecule has 0 saturated heterocycles. The van der Waals surface area contributed by atoms with Gasteiger partial charge in [0.1, 0.15) is 16.4 Å². The fraction of sp³-hybridized carbons (Fsp3) is 0.154. The quantitative estimate of drug-likeness (QED) is 0.892. The molecule has 0 bridgehead atoms. The number of aryl methyl sites for hydroxylation is 1. The van der Waals surface area contributed by atoms with Gasteiger partial charge in [0.25, 0.3) is 5.91 Å².